The number of nitrogens with one attached hydrogen (secondary N) is 1. The van der Waals surface area contributed by atoms with Gasteiger partial charge in [0.05, 0.1) is 6.61 Å². The molecule has 90 valence electrons. The number of hydrogen-bond acceptors (Lipinski definition) is 2. The standard InChI is InChI=1S/C14H23NO/c1-6-16-13-9-7-8-12(10-13)11(2)14(3,4)15-5/h7-11,15H,6H2,1-5H3. The molecule has 1 N–H and O–H groups in total. The van der Waals surface area contributed by atoms with Crippen LogP contribution >= 0.6 is 0 Å². The van der Waals surface area contributed by atoms with Gasteiger partial charge in [0.1, 0.15) is 5.75 Å². The molecule has 1 rings (SSSR count). The smallest absolute Gasteiger partial charge is 0.119 e. The molecular formula is C14H23NO. The van der Waals surface area contributed by atoms with Crippen molar-refractivity contribution in [3.05, 3.63) is 29.8 Å². The Balaban J connectivity index is 2.91. The van der Waals surface area contributed by atoms with Crippen molar-refractivity contribution < 1.29 is 4.74 Å². The first-order valence-electron chi connectivity index (χ1n) is 5.93. The van der Waals surface area contributed by atoms with Crippen LogP contribution in [-0.2, 0) is 0 Å². The van der Waals surface area contributed by atoms with Crippen LogP contribution in [0.25, 0.3) is 0 Å². The second-order valence-electron chi connectivity index (χ2n) is 4.70. The minimum Gasteiger partial charge on any atom is -0.494 e. The van der Waals surface area contributed by atoms with E-state index in [1.54, 1.807) is 0 Å². The summed E-state index contributed by atoms with van der Waals surface area (Å²) in [5.41, 5.74) is 1.40. The van der Waals surface area contributed by atoms with Crippen LogP contribution in [0.3, 0.4) is 0 Å². The van der Waals surface area contributed by atoms with Gasteiger partial charge in [0, 0.05) is 5.54 Å². The Bertz CT molecular complexity index is 333. The van der Waals surface area contributed by atoms with Gasteiger partial charge >= 0.3 is 0 Å². The molecule has 0 fully saturated rings. The van der Waals surface area contributed by atoms with Crippen LogP contribution in [0.15, 0.2) is 24.3 Å². The lowest BCUT2D eigenvalue weighted by molar-refractivity contribution is 0.336. The first-order valence-corrected chi connectivity index (χ1v) is 5.93. The van der Waals surface area contributed by atoms with E-state index in [1.807, 2.05) is 20.0 Å². The predicted molar refractivity (Wildman–Crippen MR) is 69.2 cm³/mol. The highest BCUT2D eigenvalue weighted by Gasteiger charge is 2.25. The van der Waals surface area contributed by atoms with Gasteiger partial charge in [0.2, 0.25) is 0 Å². The fourth-order valence-corrected chi connectivity index (χ4v) is 1.67. The van der Waals surface area contributed by atoms with E-state index in [1.165, 1.54) is 5.56 Å². The molecule has 0 aliphatic carbocycles. The summed E-state index contributed by atoms with van der Waals surface area (Å²) < 4.78 is 5.52. The molecule has 0 amide bonds. The molecule has 16 heavy (non-hydrogen) atoms. The largest absolute Gasteiger partial charge is 0.494 e. The average Bonchev–Trinajstić information content (AvgIpc) is 2.29. The van der Waals surface area contributed by atoms with Crippen molar-refractivity contribution in [2.75, 3.05) is 13.7 Å². The zero-order valence-electron chi connectivity index (χ0n) is 11.0. The number of likely N-dealkylation sites (N-methyl/N-ethyl adjacent to an activating group) is 1. The third-order valence-corrected chi connectivity index (χ3v) is 3.40. The fourth-order valence-electron chi connectivity index (χ4n) is 1.67. The maximum atomic E-state index is 5.52. The lowest BCUT2D eigenvalue weighted by Gasteiger charge is -2.32. The van der Waals surface area contributed by atoms with Gasteiger partial charge in [-0.1, -0.05) is 19.1 Å². The van der Waals surface area contributed by atoms with Crippen LogP contribution in [0.2, 0.25) is 0 Å². The summed E-state index contributed by atoms with van der Waals surface area (Å²) >= 11 is 0. The van der Waals surface area contributed by atoms with E-state index >= 15 is 0 Å². The summed E-state index contributed by atoms with van der Waals surface area (Å²) in [6.45, 7) is 9.39. The summed E-state index contributed by atoms with van der Waals surface area (Å²) in [6.07, 6.45) is 0. The Kier molecular flexibility index (Phi) is 4.36. The van der Waals surface area contributed by atoms with Crippen molar-refractivity contribution in [2.24, 2.45) is 0 Å². The lowest BCUT2D eigenvalue weighted by Crippen LogP contribution is -2.41. The minimum atomic E-state index is 0.0881. The average molecular weight is 221 g/mol. The summed E-state index contributed by atoms with van der Waals surface area (Å²) in [5, 5.41) is 3.35. The zero-order valence-corrected chi connectivity index (χ0v) is 11.0. The second kappa shape index (κ2) is 5.35. The van der Waals surface area contributed by atoms with Crippen molar-refractivity contribution in [3.8, 4) is 5.75 Å². The van der Waals surface area contributed by atoms with E-state index in [9.17, 15) is 0 Å². The monoisotopic (exact) mass is 221 g/mol. The molecule has 0 heterocycles. The van der Waals surface area contributed by atoms with Gasteiger partial charge in [-0.15, -0.1) is 0 Å². The topological polar surface area (TPSA) is 21.3 Å². The van der Waals surface area contributed by atoms with E-state index in [0.29, 0.717) is 12.5 Å². The van der Waals surface area contributed by atoms with Crippen LogP contribution in [0.5, 0.6) is 5.75 Å². The number of ether oxygens (including phenoxy) is 1. The maximum absolute atomic E-state index is 5.52. The molecule has 0 radical (unpaired) electrons. The summed E-state index contributed by atoms with van der Waals surface area (Å²) in [4.78, 5) is 0. The molecule has 0 aromatic heterocycles. The maximum Gasteiger partial charge on any atom is 0.119 e. The van der Waals surface area contributed by atoms with Crippen LogP contribution in [-0.4, -0.2) is 19.2 Å². The third-order valence-electron chi connectivity index (χ3n) is 3.40. The molecule has 0 saturated heterocycles. The molecule has 0 aliphatic heterocycles. The van der Waals surface area contributed by atoms with Gasteiger partial charge in [-0.3, -0.25) is 0 Å². The van der Waals surface area contributed by atoms with Gasteiger partial charge in [-0.2, -0.15) is 0 Å². The predicted octanol–water partition coefficient (Wildman–Crippen LogP) is 3.19. The summed E-state index contributed by atoms with van der Waals surface area (Å²) in [5.74, 6) is 1.40. The van der Waals surface area contributed by atoms with E-state index < -0.39 is 0 Å². The van der Waals surface area contributed by atoms with Gasteiger partial charge in [0.25, 0.3) is 0 Å². The lowest BCUT2D eigenvalue weighted by atomic mass is 9.83. The first-order chi connectivity index (χ1) is 7.51. The molecule has 1 aromatic rings. The Hall–Kier alpha value is -1.02. The van der Waals surface area contributed by atoms with Gasteiger partial charge < -0.3 is 10.1 Å². The molecule has 0 bridgehead atoms. The quantitative estimate of drug-likeness (QED) is 0.824. The molecule has 0 saturated carbocycles. The van der Waals surface area contributed by atoms with Crippen LogP contribution in [0.1, 0.15) is 39.2 Å². The fraction of sp³-hybridized carbons (Fsp3) is 0.571. The molecule has 1 atom stereocenters. The Morgan fingerprint density at radius 3 is 2.62 bits per heavy atom. The van der Waals surface area contributed by atoms with Gasteiger partial charge in [-0.25, -0.2) is 0 Å². The van der Waals surface area contributed by atoms with E-state index in [0.717, 1.165) is 5.75 Å². The van der Waals surface area contributed by atoms with Crippen LogP contribution in [0, 0.1) is 0 Å². The molecule has 0 aliphatic rings. The highest BCUT2D eigenvalue weighted by atomic mass is 16.5. The summed E-state index contributed by atoms with van der Waals surface area (Å²) in [6, 6.07) is 8.36. The highest BCUT2D eigenvalue weighted by Crippen LogP contribution is 2.29. The van der Waals surface area contributed by atoms with Crippen molar-refractivity contribution in [1.29, 1.82) is 0 Å². The number of benzene rings is 1. The highest BCUT2D eigenvalue weighted by molar-refractivity contribution is 5.32. The second-order valence-corrected chi connectivity index (χ2v) is 4.70. The molecule has 1 unspecified atom stereocenters. The van der Waals surface area contributed by atoms with E-state index in [-0.39, 0.29) is 5.54 Å². The molecular weight excluding hydrogens is 198 g/mol. The number of rotatable bonds is 5. The summed E-state index contributed by atoms with van der Waals surface area (Å²) in [7, 11) is 2.00. The Labute approximate surface area is 99.0 Å². The minimum absolute atomic E-state index is 0.0881. The van der Waals surface area contributed by atoms with Crippen molar-refractivity contribution >= 4 is 0 Å². The normalized spacial score (nSPS) is 13.6. The Morgan fingerprint density at radius 1 is 1.38 bits per heavy atom. The third kappa shape index (κ3) is 2.99. The number of hydrogen-bond donors (Lipinski definition) is 1. The van der Waals surface area contributed by atoms with E-state index in [4.69, 9.17) is 4.74 Å². The van der Waals surface area contributed by atoms with Crippen LogP contribution < -0.4 is 10.1 Å². The van der Waals surface area contributed by atoms with Crippen molar-refractivity contribution in [1.82, 2.24) is 5.32 Å². The molecule has 2 heteroatoms. The molecule has 2 nitrogen and oxygen atoms in total. The van der Waals surface area contributed by atoms with E-state index in [2.05, 4.69) is 44.3 Å². The zero-order chi connectivity index (χ0) is 12.2. The SMILES string of the molecule is CCOc1cccc(C(C)C(C)(C)NC)c1. The van der Waals surface area contributed by atoms with Gasteiger partial charge in [0.15, 0.2) is 0 Å². The Morgan fingerprint density at radius 2 is 2.06 bits per heavy atom. The molecule has 0 spiro atoms. The molecule has 1 aromatic carbocycles. The van der Waals surface area contributed by atoms with Gasteiger partial charge in [-0.05, 0) is 51.4 Å². The van der Waals surface area contributed by atoms with Crippen molar-refractivity contribution in [3.63, 3.8) is 0 Å². The van der Waals surface area contributed by atoms with Crippen molar-refractivity contribution in [2.45, 2.75) is 39.2 Å². The first kappa shape index (κ1) is 13.0. The van der Waals surface area contributed by atoms with Crippen LogP contribution in [0.4, 0.5) is 0 Å².